The molecule has 1 amide bonds. The summed E-state index contributed by atoms with van der Waals surface area (Å²) in [6, 6.07) is 3.06. The molecule has 1 heterocycles. The lowest BCUT2D eigenvalue weighted by Gasteiger charge is -2.31. The molecule has 1 aliphatic heterocycles. The summed E-state index contributed by atoms with van der Waals surface area (Å²) in [6.07, 6.45) is 0.882. The van der Waals surface area contributed by atoms with Crippen molar-refractivity contribution in [2.45, 2.75) is 39.2 Å². The third-order valence-electron chi connectivity index (χ3n) is 3.09. The van der Waals surface area contributed by atoms with Gasteiger partial charge in [0.05, 0.1) is 4.92 Å². The second-order valence-electron chi connectivity index (χ2n) is 5.89. The number of benzene rings is 1. The van der Waals surface area contributed by atoms with Crippen LogP contribution >= 0.6 is 15.9 Å². The van der Waals surface area contributed by atoms with E-state index in [4.69, 9.17) is 4.74 Å². The summed E-state index contributed by atoms with van der Waals surface area (Å²) in [7, 11) is 0. The number of carbonyl (C=O) groups is 1. The average molecular weight is 357 g/mol. The number of halogens is 1. The van der Waals surface area contributed by atoms with Crippen LogP contribution in [0.3, 0.4) is 0 Å². The van der Waals surface area contributed by atoms with Crippen molar-refractivity contribution in [2.75, 3.05) is 11.4 Å². The Morgan fingerprint density at radius 3 is 2.67 bits per heavy atom. The molecule has 21 heavy (non-hydrogen) atoms. The van der Waals surface area contributed by atoms with Crippen LogP contribution in [0, 0.1) is 10.1 Å². The van der Waals surface area contributed by atoms with Gasteiger partial charge in [-0.15, -0.1) is 0 Å². The van der Waals surface area contributed by atoms with E-state index in [9.17, 15) is 14.9 Å². The van der Waals surface area contributed by atoms with Crippen molar-refractivity contribution < 1.29 is 14.5 Å². The van der Waals surface area contributed by atoms with Crippen LogP contribution in [0.4, 0.5) is 16.2 Å². The Hall–Kier alpha value is -1.63. The first-order chi connectivity index (χ1) is 9.70. The zero-order valence-corrected chi connectivity index (χ0v) is 13.8. The maximum absolute atomic E-state index is 12.3. The van der Waals surface area contributed by atoms with Gasteiger partial charge in [0.15, 0.2) is 0 Å². The number of anilines is 1. The van der Waals surface area contributed by atoms with Gasteiger partial charge in [-0.3, -0.25) is 15.0 Å². The molecule has 0 aliphatic carbocycles. The van der Waals surface area contributed by atoms with E-state index in [2.05, 4.69) is 15.9 Å². The van der Waals surface area contributed by atoms with Crippen LogP contribution < -0.4 is 4.90 Å². The van der Waals surface area contributed by atoms with Crippen molar-refractivity contribution in [3.05, 3.63) is 32.3 Å². The molecule has 0 bridgehead atoms. The highest BCUT2D eigenvalue weighted by molar-refractivity contribution is 9.10. The maximum atomic E-state index is 12.3. The zero-order valence-electron chi connectivity index (χ0n) is 12.2. The summed E-state index contributed by atoms with van der Waals surface area (Å²) in [5.41, 5.74) is 0.408. The molecule has 0 saturated heterocycles. The Kier molecular flexibility index (Phi) is 4.22. The third kappa shape index (κ3) is 3.34. The number of hydrogen-bond acceptors (Lipinski definition) is 4. The Morgan fingerprint density at radius 1 is 1.43 bits per heavy atom. The molecule has 1 aromatic carbocycles. The Morgan fingerprint density at radius 2 is 2.10 bits per heavy atom. The lowest BCUT2D eigenvalue weighted by atomic mass is 10.0. The van der Waals surface area contributed by atoms with Crippen molar-refractivity contribution in [1.82, 2.24) is 0 Å². The first-order valence-corrected chi connectivity index (χ1v) is 7.46. The summed E-state index contributed by atoms with van der Waals surface area (Å²) in [4.78, 5) is 24.5. The van der Waals surface area contributed by atoms with E-state index in [1.165, 1.54) is 11.0 Å². The minimum Gasteiger partial charge on any atom is -0.443 e. The highest BCUT2D eigenvalue weighted by Crippen LogP contribution is 2.40. The summed E-state index contributed by atoms with van der Waals surface area (Å²) in [5, 5.41) is 11.2. The molecule has 1 aromatic rings. The molecule has 1 aliphatic rings. The summed E-state index contributed by atoms with van der Waals surface area (Å²) in [5.74, 6) is 0. The summed E-state index contributed by atoms with van der Waals surface area (Å²) in [6.45, 7) is 5.72. The van der Waals surface area contributed by atoms with Crippen LogP contribution in [0.1, 0.15) is 32.8 Å². The molecular formula is C14H17BrN2O4. The number of ether oxygens (including phenoxy) is 1. The fraction of sp³-hybridized carbons (Fsp3) is 0.500. The number of rotatable bonds is 1. The van der Waals surface area contributed by atoms with Crippen molar-refractivity contribution in [2.24, 2.45) is 0 Å². The van der Waals surface area contributed by atoms with Crippen molar-refractivity contribution in [3.63, 3.8) is 0 Å². The van der Waals surface area contributed by atoms with E-state index >= 15 is 0 Å². The predicted molar refractivity (Wildman–Crippen MR) is 82.7 cm³/mol. The maximum Gasteiger partial charge on any atom is 0.415 e. The van der Waals surface area contributed by atoms with Gasteiger partial charge in [-0.2, -0.15) is 0 Å². The largest absolute Gasteiger partial charge is 0.443 e. The van der Waals surface area contributed by atoms with E-state index in [1.807, 2.05) is 0 Å². The molecule has 0 N–H and O–H groups in total. The lowest BCUT2D eigenvalue weighted by molar-refractivity contribution is -0.384. The topological polar surface area (TPSA) is 72.7 Å². The highest BCUT2D eigenvalue weighted by atomic mass is 79.9. The Balaban J connectivity index is 2.49. The molecule has 0 atom stereocenters. The van der Waals surface area contributed by atoms with E-state index in [0.717, 1.165) is 16.5 Å². The standard InChI is InChI=1S/C14H17BrN2O4/c1-14(2,3)21-13(18)16-8-4-5-9-10(15)6-7-11(12(9)16)17(19)20/h6-7H,4-5,8H2,1-3H3. The van der Waals surface area contributed by atoms with Gasteiger partial charge in [0, 0.05) is 17.1 Å². The van der Waals surface area contributed by atoms with Crippen LogP contribution in [-0.2, 0) is 11.2 Å². The number of nitro groups is 1. The van der Waals surface area contributed by atoms with E-state index in [0.29, 0.717) is 18.7 Å². The van der Waals surface area contributed by atoms with E-state index in [1.54, 1.807) is 26.8 Å². The Labute approximate surface area is 131 Å². The average Bonchev–Trinajstić information content (AvgIpc) is 2.36. The van der Waals surface area contributed by atoms with Gasteiger partial charge >= 0.3 is 6.09 Å². The third-order valence-corrected chi connectivity index (χ3v) is 3.84. The Bertz CT molecular complexity index is 595. The normalized spacial score (nSPS) is 14.6. The van der Waals surface area contributed by atoms with E-state index < -0.39 is 16.6 Å². The van der Waals surface area contributed by atoms with Gasteiger partial charge < -0.3 is 4.74 Å². The molecule has 6 nitrogen and oxygen atoms in total. The second-order valence-corrected chi connectivity index (χ2v) is 6.74. The first kappa shape index (κ1) is 15.8. The molecule has 7 heteroatoms. The molecule has 0 aromatic heterocycles. The predicted octanol–water partition coefficient (Wildman–Crippen LogP) is 4.05. The molecule has 114 valence electrons. The molecule has 0 unspecified atom stereocenters. The minimum atomic E-state index is -0.643. The molecule has 2 rings (SSSR count). The monoisotopic (exact) mass is 356 g/mol. The van der Waals surface area contributed by atoms with Crippen LogP contribution in [0.5, 0.6) is 0 Å². The molecule has 0 radical (unpaired) electrons. The van der Waals surface area contributed by atoms with Crippen molar-refractivity contribution in [3.8, 4) is 0 Å². The van der Waals surface area contributed by atoms with Crippen LogP contribution in [-0.4, -0.2) is 23.2 Å². The van der Waals surface area contributed by atoms with Crippen LogP contribution in [0.2, 0.25) is 0 Å². The quantitative estimate of drug-likeness (QED) is 0.562. The summed E-state index contributed by atoms with van der Waals surface area (Å²) < 4.78 is 6.13. The molecule has 0 saturated carbocycles. The fourth-order valence-corrected chi connectivity index (χ4v) is 2.83. The lowest BCUT2D eigenvalue weighted by Crippen LogP contribution is -2.40. The van der Waals surface area contributed by atoms with Crippen LogP contribution in [0.25, 0.3) is 0 Å². The second kappa shape index (κ2) is 5.63. The number of nitrogens with zero attached hydrogens (tertiary/aromatic N) is 2. The van der Waals surface area contributed by atoms with Gasteiger partial charge in [0.25, 0.3) is 5.69 Å². The molecular weight excluding hydrogens is 340 g/mol. The van der Waals surface area contributed by atoms with Crippen molar-refractivity contribution >= 4 is 33.4 Å². The van der Waals surface area contributed by atoms with Gasteiger partial charge in [-0.25, -0.2) is 4.79 Å². The molecule has 0 fully saturated rings. The van der Waals surface area contributed by atoms with Crippen LogP contribution in [0.15, 0.2) is 16.6 Å². The zero-order chi connectivity index (χ0) is 15.8. The molecule has 0 spiro atoms. The number of carbonyl (C=O) groups excluding carboxylic acids is 1. The smallest absolute Gasteiger partial charge is 0.415 e. The minimum absolute atomic E-state index is 0.0706. The number of fused-ring (bicyclic) bond motifs is 1. The SMILES string of the molecule is CC(C)(C)OC(=O)N1CCCc2c(Br)ccc([N+](=O)[O-])c21. The van der Waals surface area contributed by atoms with Crippen molar-refractivity contribution in [1.29, 1.82) is 0 Å². The highest BCUT2D eigenvalue weighted by Gasteiger charge is 2.34. The van der Waals surface area contributed by atoms with E-state index in [-0.39, 0.29) is 5.69 Å². The van der Waals surface area contributed by atoms with Gasteiger partial charge in [-0.1, -0.05) is 15.9 Å². The first-order valence-electron chi connectivity index (χ1n) is 6.67. The number of nitro benzene ring substituents is 1. The fourth-order valence-electron chi connectivity index (χ4n) is 2.31. The van der Waals surface area contributed by atoms with Gasteiger partial charge in [-0.05, 0) is 45.2 Å². The van der Waals surface area contributed by atoms with Gasteiger partial charge in [0.1, 0.15) is 11.3 Å². The summed E-state index contributed by atoms with van der Waals surface area (Å²) >= 11 is 3.40. The number of amides is 1. The van der Waals surface area contributed by atoms with Gasteiger partial charge in [0.2, 0.25) is 0 Å². The number of hydrogen-bond donors (Lipinski definition) is 0.